The number of phenols is 1. The van der Waals surface area contributed by atoms with Crippen LogP contribution in [0.15, 0.2) is 24.3 Å². The second-order valence-electron chi connectivity index (χ2n) is 17.2. The highest BCUT2D eigenvalue weighted by molar-refractivity contribution is 5.92. The van der Waals surface area contributed by atoms with Gasteiger partial charge in [-0.25, -0.2) is 0 Å². The normalized spacial score (nSPS) is 24.2. The van der Waals surface area contributed by atoms with Gasteiger partial charge >= 0.3 is 0 Å². The van der Waals surface area contributed by atoms with E-state index in [9.17, 15) is 38.7 Å². The monoisotopic (exact) mass is 854 g/mol. The van der Waals surface area contributed by atoms with Crippen molar-refractivity contribution in [2.45, 2.75) is 165 Å². The van der Waals surface area contributed by atoms with Crippen LogP contribution < -0.4 is 49.1 Å². The van der Waals surface area contributed by atoms with Gasteiger partial charge in [0.25, 0.3) is 0 Å². The molecule has 3 saturated carbocycles. The first-order valence-corrected chi connectivity index (χ1v) is 22.6. The number of nitrogens with two attached hydrogens (primary N) is 3. The minimum absolute atomic E-state index is 0.0479. The molecule has 2 unspecified atom stereocenters. The van der Waals surface area contributed by atoms with Crippen molar-refractivity contribution in [1.29, 1.82) is 0 Å². The highest BCUT2D eigenvalue weighted by atomic mass is 16.3. The van der Waals surface area contributed by atoms with Gasteiger partial charge in [0.15, 0.2) is 0 Å². The van der Waals surface area contributed by atoms with E-state index in [0.29, 0.717) is 95.7 Å². The van der Waals surface area contributed by atoms with E-state index in [1.807, 2.05) is 0 Å². The first-order valence-electron chi connectivity index (χ1n) is 22.6. The van der Waals surface area contributed by atoms with Crippen molar-refractivity contribution < 1.29 is 38.7 Å². The molecule has 0 aromatic heterocycles. The highest BCUT2D eigenvalue weighted by Gasteiger charge is 2.39. The van der Waals surface area contributed by atoms with E-state index < -0.39 is 71.6 Å². The van der Waals surface area contributed by atoms with Crippen LogP contribution in [0.5, 0.6) is 5.75 Å². The van der Waals surface area contributed by atoms with Crippen molar-refractivity contribution in [3.05, 3.63) is 29.8 Å². The van der Waals surface area contributed by atoms with Gasteiger partial charge in [0.2, 0.25) is 41.4 Å². The van der Waals surface area contributed by atoms with E-state index >= 15 is 0 Å². The Balaban J connectivity index is 1.49. The maximum Gasteiger partial charge on any atom is 0.243 e. The second kappa shape index (κ2) is 25.2. The Bertz CT molecular complexity index is 1630. The van der Waals surface area contributed by atoms with E-state index in [1.54, 1.807) is 12.1 Å². The van der Waals surface area contributed by atoms with Gasteiger partial charge < -0.3 is 54.2 Å². The Labute approximate surface area is 360 Å². The zero-order chi connectivity index (χ0) is 44.3. The first-order chi connectivity index (χ1) is 29.3. The van der Waals surface area contributed by atoms with Crippen LogP contribution >= 0.6 is 0 Å². The lowest BCUT2D eigenvalue weighted by molar-refractivity contribution is -0.136. The number of carbonyl (C=O) groups is 7. The molecule has 3 aliphatic rings. The van der Waals surface area contributed by atoms with Gasteiger partial charge in [0.05, 0.1) is 17.8 Å². The molecule has 0 bridgehead atoms. The molecule has 17 heteroatoms. The number of primary amides is 1. The fraction of sp³-hybridized carbons (Fsp3) is 0.705. The number of hydrogen-bond acceptors (Lipinski definition) is 10. The standard InChI is InChI=1S/C44H71N9O8/c1-27(54)48-33-15-5-2-12-30(33)41(58)52-37(19-9-11-25-46)43(60)49-34-16-6-4-14-32(34)42(59)53-38(26-28-20-22-29(55)23-21-28)44(61)50-35-17-7-3-13-31(35)40(57)51-36(39(47)56)18-8-10-24-45/h20-23,30-38,55H,2-19,24-26,45-46H2,1H3,(H2,47,56)(H,48,54)(H,49,60)(H,50,61)(H,51,57)(H,52,58)(H,53,59)/t30-,31-,32-,33+,34?,35?,36-,37-,38-/m0/s1. The summed E-state index contributed by atoms with van der Waals surface area (Å²) in [7, 11) is 0. The van der Waals surface area contributed by atoms with Gasteiger partial charge in [-0.15, -0.1) is 0 Å². The fourth-order valence-electron chi connectivity index (χ4n) is 9.13. The van der Waals surface area contributed by atoms with Gasteiger partial charge in [0.1, 0.15) is 23.9 Å². The summed E-state index contributed by atoms with van der Waals surface area (Å²) in [4.78, 5) is 93.9. The topological polar surface area (TPSA) is 290 Å². The molecule has 0 spiro atoms. The average molecular weight is 854 g/mol. The van der Waals surface area contributed by atoms with E-state index in [1.165, 1.54) is 19.1 Å². The molecule has 0 saturated heterocycles. The predicted octanol–water partition coefficient (Wildman–Crippen LogP) is 1.18. The molecule has 3 aliphatic carbocycles. The maximum absolute atomic E-state index is 14.3. The minimum Gasteiger partial charge on any atom is -0.508 e. The van der Waals surface area contributed by atoms with Gasteiger partial charge in [-0.1, -0.05) is 50.7 Å². The Kier molecular flexibility index (Phi) is 20.2. The van der Waals surface area contributed by atoms with Crippen LogP contribution in [0, 0.1) is 17.8 Å². The predicted molar refractivity (Wildman–Crippen MR) is 230 cm³/mol. The van der Waals surface area contributed by atoms with Crippen molar-refractivity contribution in [2.75, 3.05) is 13.1 Å². The second-order valence-corrected chi connectivity index (χ2v) is 17.2. The summed E-state index contributed by atoms with van der Waals surface area (Å²) in [5, 5.41) is 27.7. The van der Waals surface area contributed by atoms with Gasteiger partial charge in [-0.3, -0.25) is 33.6 Å². The molecule has 0 heterocycles. The molecule has 0 aliphatic heterocycles. The zero-order valence-corrected chi connectivity index (χ0v) is 35.9. The van der Waals surface area contributed by atoms with Crippen LogP contribution in [0.3, 0.4) is 0 Å². The van der Waals surface area contributed by atoms with Gasteiger partial charge in [-0.2, -0.15) is 0 Å². The third-order valence-corrected chi connectivity index (χ3v) is 12.5. The Hall–Kier alpha value is -4.77. The van der Waals surface area contributed by atoms with Crippen LogP contribution in [-0.2, 0) is 40.0 Å². The molecule has 1 aromatic rings. The molecular formula is C44H71N9O8. The van der Waals surface area contributed by atoms with E-state index in [0.717, 1.165) is 38.5 Å². The summed E-state index contributed by atoms with van der Waals surface area (Å²) in [6.07, 6.45) is 11.4. The third-order valence-electron chi connectivity index (χ3n) is 12.5. The van der Waals surface area contributed by atoms with Crippen molar-refractivity contribution >= 4 is 41.4 Å². The zero-order valence-electron chi connectivity index (χ0n) is 35.9. The number of amides is 7. The van der Waals surface area contributed by atoms with Crippen LogP contribution in [-0.4, -0.2) is 95.8 Å². The number of rotatable bonds is 22. The summed E-state index contributed by atoms with van der Waals surface area (Å²) in [6, 6.07) is 2.10. The van der Waals surface area contributed by atoms with Crippen LogP contribution in [0.4, 0.5) is 0 Å². The number of phenolic OH excluding ortho intramolecular Hbond substituents is 1. The van der Waals surface area contributed by atoms with Crippen LogP contribution in [0.2, 0.25) is 0 Å². The summed E-state index contributed by atoms with van der Waals surface area (Å²) < 4.78 is 0. The van der Waals surface area contributed by atoms with Crippen molar-refractivity contribution in [3.63, 3.8) is 0 Å². The largest absolute Gasteiger partial charge is 0.508 e. The lowest BCUT2D eigenvalue weighted by atomic mass is 9.82. The van der Waals surface area contributed by atoms with Crippen molar-refractivity contribution in [1.82, 2.24) is 31.9 Å². The molecule has 3 fully saturated rings. The quantitative estimate of drug-likeness (QED) is 0.0744. The van der Waals surface area contributed by atoms with E-state index in [2.05, 4.69) is 31.9 Å². The summed E-state index contributed by atoms with van der Waals surface area (Å²) in [5.74, 6) is -4.52. The van der Waals surface area contributed by atoms with Gasteiger partial charge in [0, 0.05) is 31.5 Å². The van der Waals surface area contributed by atoms with Crippen LogP contribution in [0.1, 0.15) is 128 Å². The number of benzene rings is 1. The Morgan fingerprint density at radius 1 is 0.574 bits per heavy atom. The average Bonchev–Trinajstić information content (AvgIpc) is 3.23. The Morgan fingerprint density at radius 3 is 1.41 bits per heavy atom. The molecule has 340 valence electrons. The van der Waals surface area contributed by atoms with E-state index in [4.69, 9.17) is 17.2 Å². The smallest absolute Gasteiger partial charge is 0.243 e. The summed E-state index contributed by atoms with van der Waals surface area (Å²) in [5.41, 5.74) is 17.7. The molecule has 7 amide bonds. The van der Waals surface area contributed by atoms with E-state index in [-0.39, 0.29) is 35.9 Å². The van der Waals surface area contributed by atoms with Crippen molar-refractivity contribution in [2.24, 2.45) is 35.0 Å². The number of carbonyl (C=O) groups excluding carboxylic acids is 7. The number of aromatic hydroxyl groups is 1. The number of nitrogens with one attached hydrogen (secondary N) is 6. The SMILES string of the molecule is CC(=O)N[C@@H]1CCCC[C@@H]1C(=O)N[C@@H](CCCCN)C(=O)NC1CCCC[C@@H]1C(=O)N[C@@H](Cc1ccc(O)cc1)C(=O)NC1CCCC[C@@H]1C(=O)N[C@@H](CCCCN)C(N)=O. The molecular weight excluding hydrogens is 783 g/mol. The van der Waals surface area contributed by atoms with Crippen molar-refractivity contribution in [3.8, 4) is 5.75 Å². The summed E-state index contributed by atoms with van der Waals surface area (Å²) in [6.45, 7) is 2.31. The third kappa shape index (κ3) is 15.6. The molecule has 17 nitrogen and oxygen atoms in total. The molecule has 13 N–H and O–H groups in total. The lowest BCUT2D eigenvalue weighted by Crippen LogP contribution is -2.59. The molecule has 4 rings (SSSR count). The summed E-state index contributed by atoms with van der Waals surface area (Å²) >= 11 is 0. The molecule has 61 heavy (non-hydrogen) atoms. The van der Waals surface area contributed by atoms with Crippen LogP contribution in [0.25, 0.3) is 0 Å². The first kappa shape index (κ1) is 48.9. The minimum atomic E-state index is -1.06. The molecule has 1 aromatic carbocycles. The highest BCUT2D eigenvalue weighted by Crippen LogP contribution is 2.28. The molecule has 0 radical (unpaired) electrons. The number of hydrogen-bond donors (Lipinski definition) is 10. The lowest BCUT2D eigenvalue weighted by Gasteiger charge is -2.35. The van der Waals surface area contributed by atoms with Gasteiger partial charge in [-0.05, 0) is 108 Å². The fourth-order valence-corrected chi connectivity index (χ4v) is 9.13. The number of unbranched alkanes of at least 4 members (excludes halogenated alkanes) is 2. The molecule has 9 atom stereocenters. The maximum atomic E-state index is 14.3. The Morgan fingerprint density at radius 2 is 0.967 bits per heavy atom.